The zero-order valence-electron chi connectivity index (χ0n) is 18.0. The van der Waals surface area contributed by atoms with Gasteiger partial charge in [0.05, 0.1) is 10.6 Å². The van der Waals surface area contributed by atoms with Gasteiger partial charge < -0.3 is 9.73 Å². The molecule has 0 saturated heterocycles. The van der Waals surface area contributed by atoms with Crippen LogP contribution in [0.25, 0.3) is 16.4 Å². The SMILES string of the molecule is O=C(NCCc1ccccn1)c1coc(CSc2nnc(-c3cccs3)n2-c2ccccc2)n1. The first-order valence-corrected chi connectivity index (χ1v) is 12.4. The summed E-state index contributed by atoms with van der Waals surface area (Å²) in [4.78, 5) is 22.0. The van der Waals surface area contributed by atoms with Crippen molar-refractivity contribution in [1.82, 2.24) is 30.0 Å². The van der Waals surface area contributed by atoms with Crippen LogP contribution in [-0.4, -0.2) is 37.2 Å². The lowest BCUT2D eigenvalue weighted by atomic mass is 10.2. The number of hydrogen-bond donors (Lipinski definition) is 1. The van der Waals surface area contributed by atoms with Crippen LogP contribution >= 0.6 is 23.1 Å². The molecule has 10 heteroatoms. The van der Waals surface area contributed by atoms with Gasteiger partial charge in [-0.2, -0.15) is 0 Å². The first kappa shape index (κ1) is 22.1. The second-order valence-electron chi connectivity index (χ2n) is 7.20. The summed E-state index contributed by atoms with van der Waals surface area (Å²) in [5.74, 6) is 1.36. The van der Waals surface area contributed by atoms with E-state index in [1.807, 2.05) is 70.6 Å². The molecule has 5 rings (SSSR count). The molecule has 1 amide bonds. The zero-order chi connectivity index (χ0) is 23.2. The molecule has 4 heterocycles. The van der Waals surface area contributed by atoms with Crippen molar-refractivity contribution in [2.75, 3.05) is 6.54 Å². The number of benzene rings is 1. The first-order valence-electron chi connectivity index (χ1n) is 10.6. The minimum absolute atomic E-state index is 0.250. The van der Waals surface area contributed by atoms with Gasteiger partial charge in [-0.1, -0.05) is 42.1 Å². The summed E-state index contributed by atoms with van der Waals surface area (Å²) in [6, 6.07) is 19.7. The van der Waals surface area contributed by atoms with Crippen LogP contribution in [0.4, 0.5) is 0 Å². The van der Waals surface area contributed by atoms with Crippen LogP contribution in [0.15, 0.2) is 88.1 Å². The van der Waals surface area contributed by atoms with Gasteiger partial charge in [0.25, 0.3) is 5.91 Å². The minimum Gasteiger partial charge on any atom is -0.447 e. The molecule has 4 aromatic heterocycles. The summed E-state index contributed by atoms with van der Waals surface area (Å²) in [6.45, 7) is 0.471. The Bertz CT molecular complexity index is 1350. The quantitative estimate of drug-likeness (QED) is 0.302. The summed E-state index contributed by atoms with van der Waals surface area (Å²) in [6.07, 6.45) is 3.76. The van der Waals surface area contributed by atoms with E-state index in [0.717, 1.165) is 22.1 Å². The van der Waals surface area contributed by atoms with Gasteiger partial charge in [0.15, 0.2) is 16.7 Å². The van der Waals surface area contributed by atoms with E-state index in [1.165, 1.54) is 18.0 Å². The fraction of sp³-hybridized carbons (Fsp3) is 0.125. The van der Waals surface area contributed by atoms with E-state index in [1.54, 1.807) is 17.5 Å². The van der Waals surface area contributed by atoms with Crippen molar-refractivity contribution < 1.29 is 9.21 Å². The largest absolute Gasteiger partial charge is 0.447 e. The molecule has 8 nitrogen and oxygen atoms in total. The Morgan fingerprint density at radius 1 is 1.06 bits per heavy atom. The van der Waals surface area contributed by atoms with E-state index in [-0.39, 0.29) is 11.6 Å². The number of thiophene rings is 1. The molecule has 0 unspecified atom stereocenters. The smallest absolute Gasteiger partial charge is 0.273 e. The van der Waals surface area contributed by atoms with Gasteiger partial charge in [-0.05, 0) is 35.7 Å². The maximum absolute atomic E-state index is 12.4. The average molecular weight is 489 g/mol. The highest BCUT2D eigenvalue weighted by Gasteiger charge is 2.18. The van der Waals surface area contributed by atoms with E-state index in [0.29, 0.717) is 29.8 Å². The summed E-state index contributed by atoms with van der Waals surface area (Å²) < 4.78 is 7.55. The van der Waals surface area contributed by atoms with E-state index < -0.39 is 0 Å². The Hall–Kier alpha value is -3.76. The number of thioether (sulfide) groups is 1. The molecule has 0 radical (unpaired) electrons. The van der Waals surface area contributed by atoms with Gasteiger partial charge in [0, 0.05) is 30.5 Å². The molecule has 0 aliphatic carbocycles. The van der Waals surface area contributed by atoms with Crippen LogP contribution in [0.3, 0.4) is 0 Å². The van der Waals surface area contributed by atoms with Gasteiger partial charge >= 0.3 is 0 Å². The summed E-state index contributed by atoms with van der Waals surface area (Å²) in [7, 11) is 0. The molecule has 170 valence electrons. The molecule has 5 aromatic rings. The van der Waals surface area contributed by atoms with Crippen molar-refractivity contribution >= 4 is 29.0 Å². The average Bonchev–Trinajstić information content (AvgIpc) is 3.65. The number of rotatable bonds is 9. The highest BCUT2D eigenvalue weighted by Crippen LogP contribution is 2.31. The third kappa shape index (κ3) is 5.08. The zero-order valence-corrected chi connectivity index (χ0v) is 19.6. The second-order valence-corrected chi connectivity index (χ2v) is 9.09. The van der Waals surface area contributed by atoms with Crippen LogP contribution in [-0.2, 0) is 12.2 Å². The number of pyridine rings is 1. The molecule has 0 aliphatic heterocycles. The van der Waals surface area contributed by atoms with Crippen molar-refractivity contribution in [3.05, 3.63) is 95.8 Å². The number of oxazole rings is 1. The number of nitrogens with zero attached hydrogens (tertiary/aromatic N) is 5. The fourth-order valence-electron chi connectivity index (χ4n) is 3.29. The van der Waals surface area contributed by atoms with Gasteiger partial charge in [-0.25, -0.2) is 4.98 Å². The third-order valence-corrected chi connectivity index (χ3v) is 6.67. The number of para-hydroxylation sites is 1. The number of hydrogen-bond acceptors (Lipinski definition) is 8. The molecule has 0 bridgehead atoms. The van der Waals surface area contributed by atoms with Gasteiger partial charge in [-0.15, -0.1) is 21.5 Å². The van der Waals surface area contributed by atoms with Crippen molar-refractivity contribution in [3.63, 3.8) is 0 Å². The number of amides is 1. The Balaban J connectivity index is 1.25. The topological polar surface area (TPSA) is 98.7 Å². The lowest BCUT2D eigenvalue weighted by Gasteiger charge is -2.08. The molecule has 0 fully saturated rings. The summed E-state index contributed by atoms with van der Waals surface area (Å²) in [5.41, 5.74) is 2.14. The van der Waals surface area contributed by atoms with Gasteiger partial charge in [0.2, 0.25) is 5.89 Å². The van der Waals surface area contributed by atoms with Crippen LogP contribution < -0.4 is 5.32 Å². The molecule has 34 heavy (non-hydrogen) atoms. The highest BCUT2D eigenvalue weighted by atomic mass is 32.2. The van der Waals surface area contributed by atoms with Crippen LogP contribution in [0.1, 0.15) is 22.1 Å². The molecule has 0 spiro atoms. The Morgan fingerprint density at radius 2 is 1.94 bits per heavy atom. The van der Waals surface area contributed by atoms with E-state index in [4.69, 9.17) is 4.42 Å². The molecule has 0 atom stereocenters. The second kappa shape index (κ2) is 10.4. The molecular weight excluding hydrogens is 468 g/mol. The molecular formula is C24H20N6O2S2. The molecule has 0 saturated carbocycles. The van der Waals surface area contributed by atoms with E-state index in [2.05, 4.69) is 25.5 Å². The lowest BCUT2D eigenvalue weighted by Crippen LogP contribution is -2.26. The fourth-order valence-corrected chi connectivity index (χ4v) is 4.79. The monoisotopic (exact) mass is 488 g/mol. The highest BCUT2D eigenvalue weighted by molar-refractivity contribution is 7.98. The number of nitrogens with one attached hydrogen (secondary N) is 1. The van der Waals surface area contributed by atoms with E-state index in [9.17, 15) is 4.79 Å². The van der Waals surface area contributed by atoms with Crippen molar-refractivity contribution in [2.24, 2.45) is 0 Å². The van der Waals surface area contributed by atoms with E-state index >= 15 is 0 Å². The Kier molecular flexibility index (Phi) is 6.78. The summed E-state index contributed by atoms with van der Waals surface area (Å²) in [5, 5.41) is 14.4. The third-order valence-electron chi connectivity index (χ3n) is 4.89. The maximum atomic E-state index is 12.4. The Morgan fingerprint density at radius 3 is 2.74 bits per heavy atom. The summed E-state index contributed by atoms with van der Waals surface area (Å²) >= 11 is 3.06. The van der Waals surface area contributed by atoms with Crippen molar-refractivity contribution in [2.45, 2.75) is 17.3 Å². The van der Waals surface area contributed by atoms with Gasteiger partial charge in [-0.3, -0.25) is 14.3 Å². The van der Waals surface area contributed by atoms with Crippen LogP contribution in [0.5, 0.6) is 0 Å². The minimum atomic E-state index is -0.275. The first-order chi connectivity index (χ1) is 16.8. The van der Waals surface area contributed by atoms with Gasteiger partial charge in [0.1, 0.15) is 6.26 Å². The molecule has 0 aliphatic rings. The number of aromatic nitrogens is 5. The lowest BCUT2D eigenvalue weighted by molar-refractivity contribution is 0.0949. The standard InChI is InChI=1S/C24H20N6O2S2/c31-23(26-13-11-17-7-4-5-12-25-17)19-15-32-21(27-19)16-34-24-29-28-22(20-10-6-14-33-20)30(24)18-8-2-1-3-9-18/h1-10,12,14-15H,11,13,16H2,(H,26,31). The Labute approximate surface area is 204 Å². The number of carbonyl (C=O) groups excluding carboxylic acids is 1. The van der Waals surface area contributed by atoms with Crippen LogP contribution in [0, 0.1) is 0 Å². The maximum Gasteiger partial charge on any atom is 0.273 e. The predicted molar refractivity (Wildman–Crippen MR) is 131 cm³/mol. The van der Waals surface area contributed by atoms with Crippen molar-refractivity contribution in [3.8, 4) is 16.4 Å². The molecule has 1 N–H and O–H groups in total. The molecule has 1 aromatic carbocycles. The predicted octanol–water partition coefficient (Wildman–Crippen LogP) is 4.64. The van der Waals surface area contributed by atoms with Crippen LogP contribution in [0.2, 0.25) is 0 Å². The number of carbonyl (C=O) groups is 1. The normalized spacial score (nSPS) is 10.9. The van der Waals surface area contributed by atoms with Crippen molar-refractivity contribution in [1.29, 1.82) is 0 Å².